The quantitative estimate of drug-likeness (QED) is 0.625. The van der Waals surface area contributed by atoms with Crippen LogP contribution in [0.2, 0.25) is 5.02 Å². The molecule has 2 heterocycles. The minimum Gasteiger partial charge on any atom is -0.346 e. The van der Waals surface area contributed by atoms with Crippen LogP contribution in [0.15, 0.2) is 29.9 Å². The third kappa shape index (κ3) is 2.91. The van der Waals surface area contributed by atoms with E-state index in [4.69, 9.17) is 11.6 Å². The van der Waals surface area contributed by atoms with Crippen LogP contribution in [0.5, 0.6) is 0 Å². The Morgan fingerprint density at radius 3 is 2.96 bits per heavy atom. The summed E-state index contributed by atoms with van der Waals surface area (Å²) in [6, 6.07) is 2.99. The molecule has 0 N–H and O–H groups in total. The van der Waals surface area contributed by atoms with Gasteiger partial charge in [0, 0.05) is 35.3 Å². The molecule has 1 aliphatic rings. The molecule has 0 amide bonds. The second-order valence-corrected chi connectivity index (χ2v) is 7.33. The van der Waals surface area contributed by atoms with Crippen molar-refractivity contribution in [1.29, 1.82) is 0 Å². The van der Waals surface area contributed by atoms with Crippen molar-refractivity contribution in [3.05, 3.63) is 51.3 Å². The van der Waals surface area contributed by atoms with Crippen molar-refractivity contribution in [2.45, 2.75) is 25.8 Å². The van der Waals surface area contributed by atoms with Crippen molar-refractivity contribution in [2.24, 2.45) is 5.92 Å². The highest BCUT2D eigenvalue weighted by molar-refractivity contribution is 7.09. The number of ketones is 1. The molecule has 4 rings (SSSR count). The average molecular weight is 349 g/mol. The number of rotatable bonds is 5. The maximum atomic E-state index is 13.9. The number of aromatic nitrogens is 2. The maximum Gasteiger partial charge on any atom is 0.171 e. The molecule has 1 saturated carbocycles. The molecule has 3 aromatic rings. The lowest BCUT2D eigenvalue weighted by atomic mass is 10.1. The smallest absolute Gasteiger partial charge is 0.171 e. The maximum absolute atomic E-state index is 13.9. The molecule has 0 atom stereocenters. The number of nitrogens with zero attached hydrogens (tertiary/aromatic N) is 2. The summed E-state index contributed by atoms with van der Waals surface area (Å²) in [5.74, 6) is 0.168. The molecule has 0 radical (unpaired) electrons. The van der Waals surface area contributed by atoms with Crippen molar-refractivity contribution in [3.8, 4) is 0 Å². The summed E-state index contributed by atoms with van der Waals surface area (Å²) in [7, 11) is 0. The topological polar surface area (TPSA) is 34.9 Å². The van der Waals surface area contributed by atoms with Crippen LogP contribution in [0, 0.1) is 11.7 Å². The van der Waals surface area contributed by atoms with Crippen molar-refractivity contribution in [2.75, 3.05) is 0 Å². The molecule has 3 nitrogen and oxygen atoms in total. The van der Waals surface area contributed by atoms with Crippen LogP contribution >= 0.6 is 22.9 Å². The summed E-state index contributed by atoms with van der Waals surface area (Å²) >= 11 is 7.39. The highest BCUT2D eigenvalue weighted by Crippen LogP contribution is 2.34. The van der Waals surface area contributed by atoms with Crippen LogP contribution in [0.4, 0.5) is 4.39 Å². The fourth-order valence-corrected chi connectivity index (χ4v) is 3.59. The van der Waals surface area contributed by atoms with Gasteiger partial charge in [-0.15, -0.1) is 11.3 Å². The highest BCUT2D eigenvalue weighted by Gasteiger charge is 2.24. The zero-order chi connectivity index (χ0) is 16.0. The van der Waals surface area contributed by atoms with Crippen molar-refractivity contribution >= 4 is 39.6 Å². The van der Waals surface area contributed by atoms with E-state index in [9.17, 15) is 9.18 Å². The molecule has 1 aliphatic carbocycles. The van der Waals surface area contributed by atoms with Crippen molar-refractivity contribution in [3.63, 3.8) is 0 Å². The summed E-state index contributed by atoms with van der Waals surface area (Å²) in [5.41, 5.74) is 1.33. The van der Waals surface area contributed by atoms with Crippen LogP contribution in [0.1, 0.15) is 28.2 Å². The first-order valence-corrected chi connectivity index (χ1v) is 8.77. The number of hydrogen-bond donors (Lipinski definition) is 0. The number of fused-ring (bicyclic) bond motifs is 1. The Bertz CT molecular complexity index is 884. The first-order chi connectivity index (χ1) is 11.1. The van der Waals surface area contributed by atoms with Gasteiger partial charge in [-0.1, -0.05) is 11.6 Å². The van der Waals surface area contributed by atoms with Gasteiger partial charge in [-0.3, -0.25) is 4.79 Å². The minimum absolute atomic E-state index is 0.0119. The molecule has 23 heavy (non-hydrogen) atoms. The number of carbonyl (C=O) groups is 1. The number of Topliss-reactive ketones (excluding diaryl/α,β-unsaturated/α-hetero) is 1. The second kappa shape index (κ2) is 5.73. The zero-order valence-electron chi connectivity index (χ0n) is 12.3. The number of hydrogen-bond acceptors (Lipinski definition) is 3. The van der Waals surface area contributed by atoms with Gasteiger partial charge in [0.2, 0.25) is 0 Å². The third-order valence-corrected chi connectivity index (χ3v) is 5.24. The number of carbonyl (C=O) groups excluding carboxylic acids is 1. The predicted octanol–water partition coefficient (Wildman–Crippen LogP) is 4.73. The lowest BCUT2D eigenvalue weighted by Gasteiger charge is -2.04. The molecule has 1 fully saturated rings. The van der Waals surface area contributed by atoms with Crippen molar-refractivity contribution in [1.82, 2.24) is 9.55 Å². The Morgan fingerprint density at radius 1 is 1.43 bits per heavy atom. The first-order valence-electron chi connectivity index (χ1n) is 7.51. The molecule has 0 spiro atoms. The van der Waals surface area contributed by atoms with Gasteiger partial charge in [0.1, 0.15) is 10.8 Å². The van der Waals surface area contributed by atoms with E-state index in [-0.39, 0.29) is 17.2 Å². The molecular weight excluding hydrogens is 335 g/mol. The van der Waals surface area contributed by atoms with Gasteiger partial charge in [-0.05, 0) is 30.9 Å². The Labute approximate surface area is 141 Å². The highest BCUT2D eigenvalue weighted by atomic mass is 35.5. The minimum atomic E-state index is -0.451. The van der Waals surface area contributed by atoms with Gasteiger partial charge < -0.3 is 4.57 Å². The summed E-state index contributed by atoms with van der Waals surface area (Å²) in [6.45, 7) is 0.822. The lowest BCUT2D eigenvalue weighted by Crippen LogP contribution is -2.03. The van der Waals surface area contributed by atoms with E-state index in [0.29, 0.717) is 11.5 Å². The molecule has 2 aromatic heterocycles. The van der Waals surface area contributed by atoms with Crippen LogP contribution in [0.3, 0.4) is 0 Å². The molecule has 6 heteroatoms. The summed E-state index contributed by atoms with van der Waals surface area (Å²) < 4.78 is 15.8. The molecule has 0 bridgehead atoms. The fraction of sp³-hybridized carbons (Fsp3) is 0.294. The van der Waals surface area contributed by atoms with Crippen LogP contribution in [-0.4, -0.2) is 15.3 Å². The largest absolute Gasteiger partial charge is 0.346 e. The van der Waals surface area contributed by atoms with E-state index in [2.05, 4.69) is 4.98 Å². The normalized spacial score (nSPS) is 14.5. The predicted molar refractivity (Wildman–Crippen MR) is 89.8 cm³/mol. The van der Waals surface area contributed by atoms with E-state index in [1.54, 1.807) is 12.3 Å². The Hall–Kier alpha value is -1.72. The Kier molecular flexibility index (Phi) is 3.70. The van der Waals surface area contributed by atoms with E-state index in [1.165, 1.54) is 30.2 Å². The molecule has 0 aliphatic heterocycles. The third-order valence-electron chi connectivity index (χ3n) is 4.17. The Balaban J connectivity index is 1.78. The number of benzene rings is 1. The molecular formula is C17H14ClFN2OS. The van der Waals surface area contributed by atoms with Crippen LogP contribution in [0.25, 0.3) is 10.9 Å². The average Bonchev–Trinajstić information content (AvgIpc) is 3.07. The van der Waals surface area contributed by atoms with Gasteiger partial charge in [0.05, 0.1) is 17.0 Å². The molecule has 118 valence electrons. The standard InChI is InChI=1S/C17H14ClFN2OS/c18-13-5-11-12(16(22)7-17-20-3-4-23-17)9-21(8-10-1-2-10)15(11)6-14(13)19/h3-6,9-10H,1-2,7-8H2. The molecule has 0 saturated heterocycles. The number of halogens is 2. The van der Waals surface area contributed by atoms with E-state index in [0.717, 1.165) is 22.5 Å². The van der Waals surface area contributed by atoms with Crippen LogP contribution < -0.4 is 0 Å². The van der Waals surface area contributed by atoms with Gasteiger partial charge in [-0.2, -0.15) is 0 Å². The first kappa shape index (κ1) is 14.8. The molecule has 0 unspecified atom stereocenters. The summed E-state index contributed by atoms with van der Waals surface area (Å²) in [4.78, 5) is 16.8. The Morgan fingerprint density at radius 2 is 2.26 bits per heavy atom. The van der Waals surface area contributed by atoms with Gasteiger partial charge >= 0.3 is 0 Å². The lowest BCUT2D eigenvalue weighted by molar-refractivity contribution is 0.0994. The van der Waals surface area contributed by atoms with E-state index < -0.39 is 5.82 Å². The van der Waals surface area contributed by atoms with Gasteiger partial charge in [-0.25, -0.2) is 9.37 Å². The SMILES string of the molecule is O=C(Cc1nccs1)c1cn(CC2CC2)c2cc(F)c(Cl)cc12. The van der Waals surface area contributed by atoms with Gasteiger partial charge in [0.15, 0.2) is 5.78 Å². The monoisotopic (exact) mass is 348 g/mol. The zero-order valence-corrected chi connectivity index (χ0v) is 13.8. The fourth-order valence-electron chi connectivity index (χ4n) is 2.81. The van der Waals surface area contributed by atoms with Gasteiger partial charge in [0.25, 0.3) is 0 Å². The molecule has 1 aromatic carbocycles. The van der Waals surface area contributed by atoms with Crippen molar-refractivity contribution < 1.29 is 9.18 Å². The van der Waals surface area contributed by atoms with E-state index >= 15 is 0 Å². The number of thiazole rings is 1. The summed E-state index contributed by atoms with van der Waals surface area (Å²) in [6.07, 6.45) is 6.18. The second-order valence-electron chi connectivity index (χ2n) is 5.95. The van der Waals surface area contributed by atoms with Crippen LogP contribution in [-0.2, 0) is 13.0 Å². The van der Waals surface area contributed by atoms with E-state index in [1.807, 2.05) is 16.1 Å². The summed E-state index contributed by atoms with van der Waals surface area (Å²) in [5, 5.41) is 3.40.